The summed E-state index contributed by atoms with van der Waals surface area (Å²) in [5.41, 5.74) is 1.64. The predicted octanol–water partition coefficient (Wildman–Crippen LogP) is 4.08. The monoisotopic (exact) mass is 394 g/mol. The molecule has 0 bridgehead atoms. The van der Waals surface area contributed by atoms with Crippen LogP contribution >= 0.6 is 0 Å². The van der Waals surface area contributed by atoms with Gasteiger partial charge in [0.05, 0.1) is 17.8 Å². The Morgan fingerprint density at radius 3 is 2.73 bits per heavy atom. The van der Waals surface area contributed by atoms with Crippen LogP contribution in [-0.2, 0) is 6.54 Å². The molecule has 0 unspecified atom stereocenters. The lowest BCUT2D eigenvalue weighted by molar-refractivity contribution is 0.413. The predicted molar refractivity (Wildman–Crippen MR) is 116 cm³/mol. The van der Waals surface area contributed by atoms with E-state index in [1.54, 1.807) is 31.5 Å². The van der Waals surface area contributed by atoms with Crippen molar-refractivity contribution in [1.29, 1.82) is 5.26 Å². The number of pyridine rings is 2. The fourth-order valence-electron chi connectivity index (χ4n) is 3.40. The van der Waals surface area contributed by atoms with E-state index in [1.807, 2.05) is 48.5 Å². The lowest BCUT2D eigenvalue weighted by atomic mass is 10.1. The lowest BCUT2D eigenvalue weighted by Crippen LogP contribution is -2.26. The van der Waals surface area contributed by atoms with E-state index < -0.39 is 5.56 Å². The van der Waals surface area contributed by atoms with E-state index in [9.17, 15) is 15.2 Å². The molecule has 0 saturated heterocycles. The van der Waals surface area contributed by atoms with Gasteiger partial charge in [-0.1, -0.05) is 42.5 Å². The lowest BCUT2D eigenvalue weighted by Gasteiger charge is -2.14. The largest absolute Gasteiger partial charge is 0.494 e. The second-order valence-electron chi connectivity index (χ2n) is 6.86. The Labute approximate surface area is 173 Å². The average molecular weight is 394 g/mol. The summed E-state index contributed by atoms with van der Waals surface area (Å²) in [5, 5.41) is 22.4. The van der Waals surface area contributed by atoms with Gasteiger partial charge >= 0.3 is 0 Å². The van der Waals surface area contributed by atoms with Crippen LogP contribution in [0.25, 0.3) is 10.8 Å². The van der Waals surface area contributed by atoms with Gasteiger partial charge in [0, 0.05) is 24.0 Å². The summed E-state index contributed by atoms with van der Waals surface area (Å²) in [6.07, 6.45) is 4.75. The number of nitriles is 1. The molecule has 6 heteroatoms. The average Bonchev–Trinajstić information content (AvgIpc) is 2.78. The SMILES string of the molecule is Cc1c(C=Nc2cccc3ccccc23)c(O)n(Cc2cccnc2)c(=O)c1C#N. The highest BCUT2D eigenvalue weighted by molar-refractivity contribution is 5.96. The third-order valence-corrected chi connectivity index (χ3v) is 5.01. The molecule has 0 amide bonds. The van der Waals surface area contributed by atoms with Crippen molar-refractivity contribution in [2.24, 2.45) is 4.99 Å². The summed E-state index contributed by atoms with van der Waals surface area (Å²) in [4.78, 5) is 21.4. The number of hydrogen-bond donors (Lipinski definition) is 1. The van der Waals surface area contributed by atoms with Crippen LogP contribution in [0, 0.1) is 18.3 Å². The molecule has 4 aromatic rings. The Morgan fingerprint density at radius 2 is 1.97 bits per heavy atom. The minimum atomic E-state index is -0.543. The van der Waals surface area contributed by atoms with Gasteiger partial charge in [0.25, 0.3) is 5.56 Å². The highest BCUT2D eigenvalue weighted by Crippen LogP contribution is 2.27. The maximum atomic E-state index is 12.8. The van der Waals surface area contributed by atoms with Crippen LogP contribution < -0.4 is 5.56 Å². The zero-order valence-electron chi connectivity index (χ0n) is 16.3. The molecule has 1 N–H and O–H groups in total. The summed E-state index contributed by atoms with van der Waals surface area (Å²) in [6, 6.07) is 19.2. The van der Waals surface area contributed by atoms with Crippen LogP contribution in [-0.4, -0.2) is 20.9 Å². The van der Waals surface area contributed by atoms with Gasteiger partial charge in [-0.15, -0.1) is 0 Å². The summed E-state index contributed by atoms with van der Waals surface area (Å²) in [6.45, 7) is 1.74. The van der Waals surface area contributed by atoms with E-state index in [4.69, 9.17) is 0 Å². The molecule has 0 radical (unpaired) electrons. The van der Waals surface area contributed by atoms with Crippen LogP contribution in [0.3, 0.4) is 0 Å². The fourth-order valence-corrected chi connectivity index (χ4v) is 3.40. The van der Waals surface area contributed by atoms with Crippen molar-refractivity contribution in [1.82, 2.24) is 9.55 Å². The number of nitrogens with zero attached hydrogens (tertiary/aromatic N) is 4. The third-order valence-electron chi connectivity index (χ3n) is 5.01. The number of rotatable bonds is 4. The Hall–Kier alpha value is -4.24. The Balaban J connectivity index is 1.85. The molecule has 2 heterocycles. The maximum absolute atomic E-state index is 12.8. The quantitative estimate of drug-likeness (QED) is 0.528. The number of hydrogen-bond acceptors (Lipinski definition) is 5. The van der Waals surface area contributed by atoms with Gasteiger partial charge < -0.3 is 5.11 Å². The van der Waals surface area contributed by atoms with E-state index in [-0.39, 0.29) is 18.0 Å². The van der Waals surface area contributed by atoms with Gasteiger partial charge in [-0.05, 0) is 35.6 Å². The maximum Gasteiger partial charge on any atom is 0.271 e. The number of aliphatic imine (C=N–C) groups is 1. The van der Waals surface area contributed by atoms with E-state index >= 15 is 0 Å². The molecule has 6 nitrogen and oxygen atoms in total. The molecular weight excluding hydrogens is 376 g/mol. The van der Waals surface area contributed by atoms with Gasteiger partial charge in [0.2, 0.25) is 5.88 Å². The second kappa shape index (κ2) is 8.02. The number of aromatic hydroxyl groups is 1. The standard InChI is InChI=1S/C24H18N4O2/c1-16-20(12-25)23(29)28(15-17-6-5-11-26-13-17)24(30)21(16)14-27-22-10-4-8-18-7-2-3-9-19(18)22/h2-11,13-14,30H,15H2,1H3. The summed E-state index contributed by atoms with van der Waals surface area (Å²) < 4.78 is 1.17. The fraction of sp³-hybridized carbons (Fsp3) is 0.0833. The highest BCUT2D eigenvalue weighted by Gasteiger charge is 2.18. The first kappa shape index (κ1) is 19.1. The molecule has 0 saturated carbocycles. The van der Waals surface area contributed by atoms with Crippen molar-refractivity contribution in [2.45, 2.75) is 13.5 Å². The summed E-state index contributed by atoms with van der Waals surface area (Å²) in [7, 11) is 0. The van der Waals surface area contributed by atoms with E-state index in [0.29, 0.717) is 11.1 Å². The van der Waals surface area contributed by atoms with Crippen LogP contribution in [0.4, 0.5) is 5.69 Å². The van der Waals surface area contributed by atoms with Gasteiger partial charge in [-0.3, -0.25) is 19.3 Å². The van der Waals surface area contributed by atoms with Crippen LogP contribution in [0.1, 0.15) is 22.3 Å². The first-order chi connectivity index (χ1) is 14.6. The molecule has 0 aliphatic carbocycles. The first-order valence-corrected chi connectivity index (χ1v) is 9.37. The van der Waals surface area contributed by atoms with Crippen molar-refractivity contribution < 1.29 is 5.11 Å². The molecule has 0 aliphatic rings. The molecule has 0 spiro atoms. The second-order valence-corrected chi connectivity index (χ2v) is 6.86. The summed E-state index contributed by atoms with van der Waals surface area (Å²) >= 11 is 0. The van der Waals surface area contributed by atoms with Crippen molar-refractivity contribution in [3.05, 3.63) is 99.6 Å². The third kappa shape index (κ3) is 3.45. The van der Waals surface area contributed by atoms with Crippen LogP contribution in [0.5, 0.6) is 5.88 Å². The van der Waals surface area contributed by atoms with Crippen molar-refractivity contribution in [3.63, 3.8) is 0 Å². The Kier molecular flexibility index (Phi) is 5.10. The number of benzene rings is 2. The molecule has 2 aromatic carbocycles. The van der Waals surface area contributed by atoms with Crippen molar-refractivity contribution >= 4 is 22.7 Å². The molecule has 0 fully saturated rings. The minimum absolute atomic E-state index is 0.0175. The molecule has 146 valence electrons. The van der Waals surface area contributed by atoms with Gasteiger partial charge in [0.15, 0.2) is 0 Å². The van der Waals surface area contributed by atoms with Gasteiger partial charge in [-0.25, -0.2) is 0 Å². The van der Waals surface area contributed by atoms with E-state index in [2.05, 4.69) is 9.98 Å². The normalized spacial score (nSPS) is 11.1. The van der Waals surface area contributed by atoms with E-state index in [1.165, 1.54) is 10.8 Å². The first-order valence-electron chi connectivity index (χ1n) is 9.37. The van der Waals surface area contributed by atoms with Crippen LogP contribution in [0.2, 0.25) is 0 Å². The topological polar surface area (TPSA) is 91.3 Å². The smallest absolute Gasteiger partial charge is 0.271 e. The molecule has 30 heavy (non-hydrogen) atoms. The molecule has 2 aromatic heterocycles. The van der Waals surface area contributed by atoms with Gasteiger partial charge in [0.1, 0.15) is 11.6 Å². The van der Waals surface area contributed by atoms with Crippen molar-refractivity contribution in [2.75, 3.05) is 0 Å². The van der Waals surface area contributed by atoms with E-state index in [0.717, 1.165) is 22.0 Å². The number of fused-ring (bicyclic) bond motifs is 1. The number of aromatic nitrogens is 2. The molecular formula is C24H18N4O2. The minimum Gasteiger partial charge on any atom is -0.494 e. The highest BCUT2D eigenvalue weighted by atomic mass is 16.3. The zero-order chi connectivity index (χ0) is 21.1. The van der Waals surface area contributed by atoms with Crippen molar-refractivity contribution in [3.8, 4) is 11.9 Å². The molecule has 0 aliphatic heterocycles. The summed E-state index contributed by atoms with van der Waals surface area (Å²) in [5.74, 6) is -0.232. The Bertz CT molecular complexity index is 1360. The molecule has 0 atom stereocenters. The zero-order valence-corrected chi connectivity index (χ0v) is 16.3. The van der Waals surface area contributed by atoms with Gasteiger partial charge in [-0.2, -0.15) is 5.26 Å². The van der Waals surface area contributed by atoms with Crippen LogP contribution in [0.15, 0.2) is 76.8 Å². The molecule has 4 rings (SSSR count). The Morgan fingerprint density at radius 1 is 1.17 bits per heavy atom.